The summed E-state index contributed by atoms with van der Waals surface area (Å²) >= 11 is 7.40. The molecule has 50 valence electrons. The Morgan fingerprint density at radius 1 is 1.78 bits per heavy atom. The van der Waals surface area contributed by atoms with E-state index in [-0.39, 0.29) is 6.42 Å². The fourth-order valence-electron chi connectivity index (χ4n) is 0.637. The summed E-state index contributed by atoms with van der Waals surface area (Å²) in [6.45, 7) is 0. The van der Waals surface area contributed by atoms with Gasteiger partial charge >= 0.3 is 0 Å². The van der Waals surface area contributed by atoms with Crippen LogP contribution in [0.1, 0.15) is 6.42 Å². The molecule has 0 N–H and O–H groups in total. The second-order valence-electron chi connectivity index (χ2n) is 1.90. The predicted molar refractivity (Wildman–Crippen MR) is 45.6 cm³/mol. The lowest BCUT2D eigenvalue weighted by Crippen LogP contribution is -2.10. The Hall–Kier alpha value is 0.430. The first-order chi connectivity index (χ1) is 4.10. The van der Waals surface area contributed by atoms with E-state index in [9.17, 15) is 4.39 Å². The highest BCUT2D eigenvalue weighted by Gasteiger charge is 2.23. The van der Waals surface area contributed by atoms with Gasteiger partial charge in [-0.15, -0.1) is 0 Å². The van der Waals surface area contributed by atoms with E-state index in [1.807, 2.05) is 28.7 Å². The molecule has 3 heteroatoms. The average molecular weight is 258 g/mol. The molecular weight excluding hydrogens is 253 g/mol. The maximum atomic E-state index is 12.8. The van der Waals surface area contributed by atoms with Crippen LogP contribution < -0.4 is 0 Å². The van der Waals surface area contributed by atoms with Gasteiger partial charge in [0.05, 0.1) is 0 Å². The molecule has 0 nitrogen and oxygen atoms in total. The maximum Gasteiger partial charge on any atom is 0.206 e. The molecule has 1 aliphatic carbocycles. The lowest BCUT2D eigenvalue weighted by molar-refractivity contribution is 0.347. The molecule has 0 bridgehead atoms. The van der Waals surface area contributed by atoms with Gasteiger partial charge in [0.2, 0.25) is 5.13 Å². The van der Waals surface area contributed by atoms with Gasteiger partial charge < -0.3 is 0 Å². The second kappa shape index (κ2) is 2.58. The molecule has 1 aliphatic rings. The van der Waals surface area contributed by atoms with Gasteiger partial charge in [0.25, 0.3) is 0 Å². The summed E-state index contributed by atoms with van der Waals surface area (Å²) in [5.74, 6) is 0. The monoisotopic (exact) mass is 258 g/mol. The van der Waals surface area contributed by atoms with Crippen molar-refractivity contribution in [3.8, 4) is 0 Å². The molecule has 0 spiro atoms. The first-order valence-electron chi connectivity index (χ1n) is 2.53. The van der Waals surface area contributed by atoms with Crippen LogP contribution in [-0.4, -0.2) is 5.13 Å². The van der Waals surface area contributed by atoms with Crippen molar-refractivity contribution in [1.82, 2.24) is 0 Å². The molecular formula is C6H5ClFI. The van der Waals surface area contributed by atoms with E-state index < -0.39 is 5.13 Å². The molecule has 9 heavy (non-hydrogen) atoms. The normalized spacial score (nSPS) is 34.3. The van der Waals surface area contributed by atoms with Crippen LogP contribution in [0.2, 0.25) is 0 Å². The van der Waals surface area contributed by atoms with Gasteiger partial charge in [-0.1, -0.05) is 23.8 Å². The molecule has 0 aliphatic heterocycles. The Morgan fingerprint density at radius 2 is 2.44 bits per heavy atom. The predicted octanol–water partition coefficient (Wildman–Crippen LogP) is 3.17. The van der Waals surface area contributed by atoms with Gasteiger partial charge in [-0.05, 0) is 28.7 Å². The minimum absolute atomic E-state index is 0.279. The minimum atomic E-state index is -1.63. The standard InChI is InChI=1S/C6H5ClFI/c7-6(8)3-1-2-5(9)4-6/h1-2,4H,3H2. The van der Waals surface area contributed by atoms with E-state index in [4.69, 9.17) is 11.6 Å². The summed E-state index contributed by atoms with van der Waals surface area (Å²) in [7, 11) is 0. The molecule has 0 fully saturated rings. The molecule has 0 saturated heterocycles. The van der Waals surface area contributed by atoms with Crippen LogP contribution in [0.15, 0.2) is 21.8 Å². The average Bonchev–Trinajstić information content (AvgIpc) is 1.60. The van der Waals surface area contributed by atoms with Crippen molar-refractivity contribution < 1.29 is 4.39 Å². The largest absolute Gasteiger partial charge is 0.221 e. The molecule has 1 atom stereocenters. The highest BCUT2D eigenvalue weighted by Crippen LogP contribution is 2.31. The summed E-state index contributed by atoms with van der Waals surface area (Å²) in [5, 5.41) is -1.63. The summed E-state index contributed by atoms with van der Waals surface area (Å²) in [4.78, 5) is 0. The number of hydrogen-bond acceptors (Lipinski definition) is 0. The molecule has 0 aromatic carbocycles. The molecule has 1 rings (SSSR count). The van der Waals surface area contributed by atoms with Crippen LogP contribution in [0, 0.1) is 0 Å². The lowest BCUT2D eigenvalue weighted by atomic mass is 10.2. The fraction of sp³-hybridized carbons (Fsp3) is 0.333. The first-order valence-corrected chi connectivity index (χ1v) is 3.98. The SMILES string of the molecule is FC1(Cl)C=C(I)C=CC1. The number of halogens is 3. The highest BCUT2D eigenvalue weighted by atomic mass is 127. The Balaban J connectivity index is 2.78. The zero-order valence-corrected chi connectivity index (χ0v) is 7.49. The van der Waals surface area contributed by atoms with Gasteiger partial charge in [-0.25, -0.2) is 4.39 Å². The van der Waals surface area contributed by atoms with E-state index in [0.29, 0.717) is 0 Å². The van der Waals surface area contributed by atoms with E-state index in [1.54, 1.807) is 6.08 Å². The summed E-state index contributed by atoms with van der Waals surface area (Å²) in [5.41, 5.74) is 0. The van der Waals surface area contributed by atoms with Crippen molar-refractivity contribution in [2.45, 2.75) is 11.5 Å². The van der Waals surface area contributed by atoms with E-state index >= 15 is 0 Å². The summed E-state index contributed by atoms with van der Waals surface area (Å²) in [6.07, 6.45) is 5.27. The first kappa shape index (κ1) is 7.54. The smallest absolute Gasteiger partial charge is 0.206 e. The van der Waals surface area contributed by atoms with Gasteiger partial charge in [0.1, 0.15) is 0 Å². The van der Waals surface area contributed by atoms with Gasteiger partial charge in [0.15, 0.2) is 0 Å². The number of allylic oxidation sites excluding steroid dienone is 4. The third-order valence-corrected chi connectivity index (χ3v) is 1.95. The third kappa shape index (κ3) is 2.26. The van der Waals surface area contributed by atoms with Crippen molar-refractivity contribution >= 4 is 34.2 Å². The van der Waals surface area contributed by atoms with Crippen LogP contribution in [-0.2, 0) is 0 Å². The van der Waals surface area contributed by atoms with Crippen LogP contribution >= 0.6 is 34.2 Å². The van der Waals surface area contributed by atoms with Crippen LogP contribution in [0.3, 0.4) is 0 Å². The van der Waals surface area contributed by atoms with E-state index in [1.165, 1.54) is 6.08 Å². The Morgan fingerprint density at radius 3 is 2.78 bits per heavy atom. The third-order valence-electron chi connectivity index (χ3n) is 1.02. The molecule has 0 amide bonds. The highest BCUT2D eigenvalue weighted by molar-refractivity contribution is 14.1. The van der Waals surface area contributed by atoms with E-state index in [2.05, 4.69) is 0 Å². The molecule has 0 aromatic rings. The van der Waals surface area contributed by atoms with Crippen LogP contribution in [0.4, 0.5) is 4.39 Å². The topological polar surface area (TPSA) is 0 Å². The zero-order valence-electron chi connectivity index (χ0n) is 4.57. The Bertz CT molecular complexity index is 172. The number of hydrogen-bond donors (Lipinski definition) is 0. The quantitative estimate of drug-likeness (QED) is 0.462. The van der Waals surface area contributed by atoms with Gasteiger partial charge in [-0.3, -0.25) is 0 Å². The zero-order chi connectivity index (χ0) is 6.91. The van der Waals surface area contributed by atoms with Crippen LogP contribution in [0.25, 0.3) is 0 Å². The van der Waals surface area contributed by atoms with Crippen LogP contribution in [0.5, 0.6) is 0 Å². The van der Waals surface area contributed by atoms with Crippen molar-refractivity contribution in [1.29, 1.82) is 0 Å². The number of alkyl halides is 2. The molecule has 0 saturated carbocycles. The van der Waals surface area contributed by atoms with Crippen molar-refractivity contribution in [2.24, 2.45) is 0 Å². The summed E-state index contributed by atoms with van der Waals surface area (Å²) < 4.78 is 13.6. The maximum absolute atomic E-state index is 12.8. The molecule has 1 unspecified atom stereocenters. The fourth-order valence-corrected chi connectivity index (χ4v) is 1.78. The van der Waals surface area contributed by atoms with Gasteiger partial charge in [-0.2, -0.15) is 0 Å². The van der Waals surface area contributed by atoms with E-state index in [0.717, 1.165) is 3.58 Å². The Labute approximate surface area is 71.9 Å². The molecule has 0 radical (unpaired) electrons. The van der Waals surface area contributed by atoms with Crippen molar-refractivity contribution in [2.75, 3.05) is 0 Å². The van der Waals surface area contributed by atoms with Crippen molar-refractivity contribution in [3.63, 3.8) is 0 Å². The van der Waals surface area contributed by atoms with Gasteiger partial charge in [0, 0.05) is 10.0 Å². The second-order valence-corrected chi connectivity index (χ2v) is 3.77. The summed E-state index contributed by atoms with van der Waals surface area (Å²) in [6, 6.07) is 0. The molecule has 0 aromatic heterocycles. The Kier molecular flexibility index (Phi) is 2.16. The van der Waals surface area contributed by atoms with Crippen molar-refractivity contribution in [3.05, 3.63) is 21.8 Å². The lowest BCUT2D eigenvalue weighted by Gasteiger charge is -2.13. The molecule has 0 heterocycles. The number of rotatable bonds is 0. The minimum Gasteiger partial charge on any atom is -0.221 e.